The molecule has 3 atom stereocenters. The van der Waals surface area contributed by atoms with Crippen LogP contribution in [0.1, 0.15) is 29.2 Å². The van der Waals surface area contributed by atoms with Crippen molar-refractivity contribution in [1.29, 1.82) is 0 Å². The number of fused-ring (bicyclic) bond motifs is 5. The largest absolute Gasteiger partial charge is 0.485 e. The Hall–Kier alpha value is -8.23. The molecule has 0 spiro atoms. The van der Waals surface area contributed by atoms with Crippen molar-refractivity contribution in [2.24, 2.45) is 0 Å². The summed E-state index contributed by atoms with van der Waals surface area (Å²) in [4.78, 5) is 59.1. The van der Waals surface area contributed by atoms with Gasteiger partial charge in [0, 0.05) is 63.1 Å². The lowest BCUT2D eigenvalue weighted by Crippen LogP contribution is -2.54. The van der Waals surface area contributed by atoms with Crippen LogP contribution < -0.4 is 50.1 Å². The lowest BCUT2D eigenvalue weighted by molar-refractivity contribution is -0.154. The minimum atomic E-state index is -0.670. The Kier molecular flexibility index (Phi) is 21.0. The van der Waals surface area contributed by atoms with Crippen LogP contribution in [-0.4, -0.2) is 165 Å². The lowest BCUT2D eigenvalue weighted by atomic mass is 10.1. The minimum Gasteiger partial charge on any atom is -0.485 e. The molecule has 2 fully saturated rings. The van der Waals surface area contributed by atoms with E-state index in [-0.39, 0.29) is 80.9 Å². The van der Waals surface area contributed by atoms with E-state index in [4.69, 9.17) is 66.4 Å². The van der Waals surface area contributed by atoms with Gasteiger partial charge in [-0.3, -0.25) is 9.59 Å². The summed E-state index contributed by atoms with van der Waals surface area (Å²) in [6.45, 7) is 7.26. The Bertz CT molecular complexity index is 3390. The molecule has 2 aromatic heterocycles. The molecule has 5 aromatic carbocycles. The van der Waals surface area contributed by atoms with Crippen LogP contribution in [0.3, 0.4) is 0 Å². The molecule has 0 bridgehead atoms. The number of esters is 1. The van der Waals surface area contributed by atoms with Gasteiger partial charge in [-0.15, -0.1) is 12.4 Å². The number of anilines is 3. The zero-order chi connectivity index (χ0) is 57.7. The topological polar surface area (TPSA) is 322 Å². The van der Waals surface area contributed by atoms with E-state index < -0.39 is 18.3 Å². The maximum Gasteiger partial charge on any atom is 0.350 e. The van der Waals surface area contributed by atoms with Crippen molar-refractivity contribution in [2.75, 3.05) is 95.2 Å². The first-order valence-corrected chi connectivity index (χ1v) is 26.9. The Balaban J connectivity index is 0.000000154. The number of aromatic nitrogens is 4. The van der Waals surface area contributed by atoms with Crippen molar-refractivity contribution < 1.29 is 68.0 Å². The molecule has 7 heterocycles. The number of ether oxygens (including phenoxy) is 7. The van der Waals surface area contributed by atoms with Gasteiger partial charge in [0.05, 0.1) is 44.1 Å². The molecular formula is C57H64Cl2N10O14. The smallest absolute Gasteiger partial charge is 0.350 e. The molecule has 12 rings (SSSR count). The van der Waals surface area contributed by atoms with Gasteiger partial charge >= 0.3 is 5.97 Å². The van der Waals surface area contributed by atoms with E-state index in [0.29, 0.717) is 130 Å². The number of nitrogens with one attached hydrogen (secondary N) is 1. The van der Waals surface area contributed by atoms with Gasteiger partial charge in [-0.1, -0.05) is 36.4 Å². The number of nitrogen functional groups attached to an aromatic ring is 2. The molecule has 83 heavy (non-hydrogen) atoms. The van der Waals surface area contributed by atoms with E-state index in [1.807, 2.05) is 64.4 Å². The summed E-state index contributed by atoms with van der Waals surface area (Å²) in [5, 5.41) is 41.9. The number of hydrogen-bond acceptors (Lipinski definition) is 22. The third-order valence-electron chi connectivity index (χ3n) is 13.7. The van der Waals surface area contributed by atoms with Crippen molar-refractivity contribution in [2.45, 2.75) is 51.7 Å². The van der Waals surface area contributed by atoms with Crippen molar-refractivity contribution in [3.8, 4) is 34.5 Å². The Morgan fingerprint density at radius 1 is 0.566 bits per heavy atom. The molecule has 2 saturated heterocycles. The molecule has 24 nitrogen and oxygen atoms in total. The highest BCUT2D eigenvalue weighted by Crippen LogP contribution is 2.34. The van der Waals surface area contributed by atoms with Crippen LogP contribution in [0.5, 0.6) is 34.5 Å². The maximum atomic E-state index is 13.0. The highest BCUT2D eigenvalue weighted by atomic mass is 35.5. The summed E-state index contributed by atoms with van der Waals surface area (Å²) in [5.41, 5.74) is 15.4. The molecule has 26 heteroatoms. The van der Waals surface area contributed by atoms with Crippen LogP contribution in [0.25, 0.3) is 21.8 Å². The van der Waals surface area contributed by atoms with E-state index in [9.17, 15) is 24.6 Å². The first kappa shape index (κ1) is 60.9. The van der Waals surface area contributed by atoms with Gasteiger partial charge in [-0.25, -0.2) is 19.7 Å². The van der Waals surface area contributed by atoms with Gasteiger partial charge < -0.3 is 85.1 Å². The second-order valence-corrected chi connectivity index (χ2v) is 19.3. The fraction of sp³-hybridized carbons (Fsp3) is 0.351. The Labute approximate surface area is 488 Å². The first-order chi connectivity index (χ1) is 39.9. The lowest BCUT2D eigenvalue weighted by Gasteiger charge is -2.37. The quantitative estimate of drug-likeness (QED) is 0.0802. The minimum absolute atomic E-state index is 0. The number of carbonyl (C=O) groups excluding carboxylic acids is 3. The van der Waals surface area contributed by atoms with E-state index in [1.165, 1.54) is 0 Å². The first-order valence-electron chi connectivity index (χ1n) is 26.5. The number of aliphatic hydroxyl groups excluding tert-OH is 4. The van der Waals surface area contributed by atoms with E-state index in [1.54, 1.807) is 54.3 Å². The van der Waals surface area contributed by atoms with E-state index in [0.717, 1.165) is 26.2 Å². The van der Waals surface area contributed by atoms with Gasteiger partial charge in [0.2, 0.25) is 29.5 Å². The number of nitrogens with zero attached hydrogens (tertiary/aromatic N) is 7. The summed E-state index contributed by atoms with van der Waals surface area (Å²) in [6.07, 6.45) is -1.84. The number of piperazine rings is 2. The molecule has 440 valence electrons. The van der Waals surface area contributed by atoms with Crippen LogP contribution in [0.2, 0.25) is 5.28 Å². The monoisotopic (exact) mass is 1180 g/mol. The highest BCUT2D eigenvalue weighted by Gasteiger charge is 2.34. The van der Waals surface area contributed by atoms with Gasteiger partial charge in [0.1, 0.15) is 31.5 Å². The standard InChI is InChI=1S/C23H25N5O5.C13H16N2O3.C11H12O4.C10H10ClN3O2.ClH/c24-21-16-9-14(11-29)15(12-30)10-17(16)25-23(26-21)28-7-5-27(6-8-28)22(31)20-13-32-18-3-1-2-4-19(18)33-20;16-13(15-7-5-14-6-8-15)12-9-17-10-3-1-2-4-11(10)18-12;1-2-13-11(12)10-7-14-8-5-3-4-6-9(8)15-10;11-10-13-8-2-6(4-16)5(3-15)1-7(8)9(12)14-10;/h1-4,9-10,20,29-30H,5-8,11-13H2,(H2,24,25,26);1-4,12,14H,5-9H2;3-6,10H,2,7H2,1H3;1-2,15-16H,3-4H2,(H2,12,13,14);1H. The zero-order valence-electron chi connectivity index (χ0n) is 45.2. The van der Waals surface area contributed by atoms with Crippen molar-refractivity contribution in [1.82, 2.24) is 35.1 Å². The van der Waals surface area contributed by atoms with E-state index >= 15 is 0 Å². The van der Waals surface area contributed by atoms with Crippen LogP contribution in [0.4, 0.5) is 17.6 Å². The third kappa shape index (κ3) is 14.7. The second-order valence-electron chi connectivity index (χ2n) is 18.9. The Morgan fingerprint density at radius 2 is 0.964 bits per heavy atom. The van der Waals surface area contributed by atoms with Crippen LogP contribution in [0, 0.1) is 0 Å². The van der Waals surface area contributed by atoms with Gasteiger partial charge in [-0.2, -0.15) is 4.98 Å². The second kappa shape index (κ2) is 28.6. The molecule has 9 N–H and O–H groups in total. The number of rotatable bonds is 9. The van der Waals surface area contributed by atoms with Gasteiger partial charge in [-0.05, 0) is 101 Å². The highest BCUT2D eigenvalue weighted by molar-refractivity contribution is 6.28. The SMILES string of the molecule is CCOC(=O)C1COc2ccccc2O1.Cl.Nc1nc(Cl)nc2cc(CO)c(CO)cc12.Nc1nc(N2CCN(C(=O)C3COc4ccccc4O3)CC2)nc2cc(CO)c(CO)cc12.O=C(C1COc2ccccc2O1)N1CCNCC1. The molecule has 0 radical (unpaired) electrons. The number of halogens is 2. The van der Waals surface area contributed by atoms with Gasteiger partial charge in [0.25, 0.3) is 11.8 Å². The van der Waals surface area contributed by atoms with Crippen molar-refractivity contribution in [3.05, 3.63) is 125 Å². The van der Waals surface area contributed by atoms with Crippen molar-refractivity contribution in [3.63, 3.8) is 0 Å². The Morgan fingerprint density at radius 3 is 1.42 bits per heavy atom. The number of benzene rings is 5. The maximum absolute atomic E-state index is 13.0. The predicted molar refractivity (Wildman–Crippen MR) is 308 cm³/mol. The van der Waals surface area contributed by atoms with Gasteiger partial charge in [0.15, 0.2) is 34.5 Å². The summed E-state index contributed by atoms with van der Waals surface area (Å²) in [6, 6.07) is 28.7. The van der Waals surface area contributed by atoms with Crippen LogP contribution >= 0.6 is 24.0 Å². The number of carbonyl (C=O) groups is 3. The summed E-state index contributed by atoms with van der Waals surface area (Å²) < 4.78 is 38.5. The van der Waals surface area contributed by atoms with Crippen molar-refractivity contribution >= 4 is 81.2 Å². The zero-order valence-corrected chi connectivity index (χ0v) is 46.8. The van der Waals surface area contributed by atoms with E-state index in [2.05, 4.69) is 25.3 Å². The number of aliphatic hydroxyl groups is 4. The normalized spacial score (nSPS) is 17.5. The third-order valence-corrected chi connectivity index (χ3v) is 13.8. The average Bonchev–Trinajstić information content (AvgIpc) is 3.54. The number of para-hydroxylation sites is 6. The molecule has 2 amide bonds. The predicted octanol–water partition coefficient (Wildman–Crippen LogP) is 3.60. The summed E-state index contributed by atoms with van der Waals surface area (Å²) in [7, 11) is 0. The number of amides is 2. The average molecular weight is 1180 g/mol. The summed E-state index contributed by atoms with van der Waals surface area (Å²) >= 11 is 5.68. The molecule has 5 aliphatic heterocycles. The molecule has 0 saturated carbocycles. The molecule has 3 unspecified atom stereocenters. The fourth-order valence-corrected chi connectivity index (χ4v) is 9.52. The fourth-order valence-electron chi connectivity index (χ4n) is 9.34. The van der Waals surface area contributed by atoms with Crippen LogP contribution in [-0.2, 0) is 45.5 Å². The summed E-state index contributed by atoms with van der Waals surface area (Å²) in [5.74, 6) is 4.40. The molecule has 5 aliphatic rings. The number of nitrogens with two attached hydrogens (primary N) is 2. The molecule has 7 aromatic rings. The number of hydrogen-bond donors (Lipinski definition) is 7. The molecule has 0 aliphatic carbocycles. The van der Waals surface area contributed by atoms with Crippen LogP contribution in [0.15, 0.2) is 97.1 Å². The molecular weight excluding hydrogens is 1120 g/mol.